The number of nitrogens with zero attached hydrogens (tertiary/aromatic N) is 2. The van der Waals surface area contributed by atoms with E-state index in [2.05, 4.69) is 88.4 Å². The van der Waals surface area contributed by atoms with Gasteiger partial charge in [0.25, 0.3) is 0 Å². The van der Waals surface area contributed by atoms with Crippen molar-refractivity contribution >= 4 is 22.1 Å². The molecule has 3 heteroatoms. The molecule has 0 radical (unpaired) electrons. The van der Waals surface area contributed by atoms with Crippen LogP contribution >= 0.6 is 0 Å². The monoisotopic (exact) mass is 406 g/mol. The molecule has 0 saturated carbocycles. The van der Waals surface area contributed by atoms with E-state index < -0.39 is 0 Å². The number of furan rings is 1. The first-order valence-electron chi connectivity index (χ1n) is 10.7. The Morgan fingerprint density at radius 3 is 2.45 bits per heavy atom. The Morgan fingerprint density at radius 1 is 0.871 bits per heavy atom. The Balaban J connectivity index is 1.63. The highest BCUT2D eigenvalue weighted by Gasteiger charge is 2.20. The van der Waals surface area contributed by atoms with E-state index in [9.17, 15) is 0 Å². The molecule has 0 fully saturated rings. The minimum atomic E-state index is 0.0530. The van der Waals surface area contributed by atoms with Crippen LogP contribution < -0.4 is 0 Å². The van der Waals surface area contributed by atoms with Gasteiger partial charge in [-0.25, -0.2) is 4.98 Å². The first-order valence-corrected chi connectivity index (χ1v) is 10.7. The summed E-state index contributed by atoms with van der Waals surface area (Å²) in [6, 6.07) is 23.1. The summed E-state index contributed by atoms with van der Waals surface area (Å²) in [6.45, 7) is 8.83. The van der Waals surface area contributed by atoms with Crippen molar-refractivity contribution in [3.63, 3.8) is 0 Å². The van der Waals surface area contributed by atoms with Crippen LogP contribution in [-0.2, 0) is 11.8 Å². The maximum absolute atomic E-state index is 6.32. The van der Waals surface area contributed by atoms with Crippen molar-refractivity contribution in [2.75, 3.05) is 0 Å². The van der Waals surface area contributed by atoms with Crippen molar-refractivity contribution in [2.45, 2.75) is 39.5 Å². The summed E-state index contributed by atoms with van der Waals surface area (Å²) >= 11 is 0. The summed E-state index contributed by atoms with van der Waals surface area (Å²) in [5, 5.41) is 2.11. The second-order valence-electron chi connectivity index (χ2n) is 9.24. The number of rotatable bonds is 3. The van der Waals surface area contributed by atoms with Crippen LogP contribution in [0.4, 0.5) is 0 Å². The number of hydrogen-bond acceptors (Lipinski definition) is 3. The van der Waals surface area contributed by atoms with Crippen molar-refractivity contribution in [1.82, 2.24) is 9.97 Å². The van der Waals surface area contributed by atoms with Gasteiger partial charge >= 0.3 is 0 Å². The summed E-state index contributed by atoms with van der Waals surface area (Å²) in [4.78, 5) is 9.56. The molecule has 31 heavy (non-hydrogen) atoms. The van der Waals surface area contributed by atoms with Gasteiger partial charge in [0.05, 0.1) is 5.69 Å². The number of benzene rings is 2. The molecular weight excluding hydrogens is 380 g/mol. The molecule has 3 aromatic heterocycles. The zero-order chi connectivity index (χ0) is 21.6. The maximum Gasteiger partial charge on any atom is 0.227 e. The van der Waals surface area contributed by atoms with Gasteiger partial charge in [0.2, 0.25) is 5.71 Å². The molecule has 2 aromatic carbocycles. The predicted octanol–water partition coefficient (Wildman–Crippen LogP) is 7.24. The highest BCUT2D eigenvalue weighted by molar-refractivity contribution is 6.08. The van der Waals surface area contributed by atoms with Crippen LogP contribution in [0.5, 0.6) is 0 Å². The number of hydrogen-bond donors (Lipinski definition) is 0. The van der Waals surface area contributed by atoms with Crippen LogP contribution in [0, 0.1) is 6.92 Å². The number of aryl methyl sites for hydroxylation is 1. The molecule has 0 aliphatic heterocycles. The van der Waals surface area contributed by atoms with E-state index in [4.69, 9.17) is 14.4 Å². The SMILES string of the molecule is Cc1cnc(-c2cccc3c2oc2nc(Cc4ccccc4)ccc23)cc1C(C)(C)C. The van der Waals surface area contributed by atoms with E-state index in [1.807, 2.05) is 12.3 Å². The lowest BCUT2D eigenvalue weighted by Crippen LogP contribution is -2.13. The minimum absolute atomic E-state index is 0.0530. The van der Waals surface area contributed by atoms with Crippen molar-refractivity contribution in [1.29, 1.82) is 0 Å². The molecule has 0 atom stereocenters. The fraction of sp³-hybridized carbons (Fsp3) is 0.214. The number of pyridine rings is 2. The first kappa shape index (κ1) is 19.5. The fourth-order valence-corrected chi connectivity index (χ4v) is 4.30. The fourth-order valence-electron chi connectivity index (χ4n) is 4.30. The summed E-state index contributed by atoms with van der Waals surface area (Å²) in [5.41, 5.74) is 8.27. The number of para-hydroxylation sites is 1. The van der Waals surface area contributed by atoms with Gasteiger partial charge in [-0.3, -0.25) is 4.98 Å². The number of fused-ring (bicyclic) bond motifs is 3. The number of aromatic nitrogens is 2. The van der Waals surface area contributed by atoms with E-state index in [1.54, 1.807) is 0 Å². The Kier molecular flexibility index (Phi) is 4.62. The third-order valence-electron chi connectivity index (χ3n) is 5.84. The van der Waals surface area contributed by atoms with Gasteiger partial charge in [-0.05, 0) is 53.3 Å². The average Bonchev–Trinajstić information content (AvgIpc) is 3.12. The lowest BCUT2D eigenvalue weighted by Gasteiger charge is -2.22. The molecule has 154 valence electrons. The van der Waals surface area contributed by atoms with Crippen LogP contribution in [0.2, 0.25) is 0 Å². The van der Waals surface area contributed by atoms with Crippen molar-refractivity contribution in [3.05, 3.63) is 95.3 Å². The molecule has 0 saturated heterocycles. The van der Waals surface area contributed by atoms with Crippen molar-refractivity contribution < 1.29 is 4.42 Å². The molecule has 0 N–H and O–H groups in total. The molecule has 5 rings (SSSR count). The first-order chi connectivity index (χ1) is 14.9. The molecule has 0 amide bonds. The average molecular weight is 407 g/mol. The summed E-state index contributed by atoms with van der Waals surface area (Å²) in [6.07, 6.45) is 2.75. The summed E-state index contributed by atoms with van der Waals surface area (Å²) < 4.78 is 6.32. The zero-order valence-electron chi connectivity index (χ0n) is 18.4. The standard InChI is InChI=1S/C28H26N2O/c1-18-17-29-25(16-24(18)28(2,3)4)23-12-8-11-21-22-14-13-20(30-27(22)31-26(21)23)15-19-9-6-5-7-10-19/h5-14,16-17H,15H2,1-4H3. The zero-order valence-corrected chi connectivity index (χ0v) is 18.4. The summed E-state index contributed by atoms with van der Waals surface area (Å²) in [7, 11) is 0. The van der Waals surface area contributed by atoms with Crippen LogP contribution in [0.3, 0.4) is 0 Å². The van der Waals surface area contributed by atoms with Gasteiger partial charge in [0.1, 0.15) is 5.58 Å². The maximum atomic E-state index is 6.32. The van der Waals surface area contributed by atoms with Gasteiger partial charge in [-0.1, -0.05) is 63.2 Å². The second kappa shape index (κ2) is 7.35. The lowest BCUT2D eigenvalue weighted by molar-refractivity contribution is 0.585. The predicted molar refractivity (Wildman–Crippen MR) is 127 cm³/mol. The van der Waals surface area contributed by atoms with Crippen molar-refractivity contribution in [3.8, 4) is 11.3 Å². The Bertz CT molecular complexity index is 1390. The Labute approximate surface area is 182 Å². The Hall–Kier alpha value is -3.46. The van der Waals surface area contributed by atoms with E-state index in [-0.39, 0.29) is 5.41 Å². The van der Waals surface area contributed by atoms with Crippen LogP contribution in [0.25, 0.3) is 33.3 Å². The minimum Gasteiger partial charge on any atom is -0.437 e. The topological polar surface area (TPSA) is 38.9 Å². The largest absolute Gasteiger partial charge is 0.437 e. The lowest BCUT2D eigenvalue weighted by atomic mass is 9.84. The Morgan fingerprint density at radius 2 is 1.68 bits per heavy atom. The van der Waals surface area contributed by atoms with Gasteiger partial charge in [0.15, 0.2) is 0 Å². The molecule has 0 aliphatic rings. The third-order valence-corrected chi connectivity index (χ3v) is 5.84. The molecule has 0 spiro atoms. The van der Waals surface area contributed by atoms with Crippen LogP contribution in [0.1, 0.15) is 43.2 Å². The third kappa shape index (κ3) is 3.61. The van der Waals surface area contributed by atoms with Crippen molar-refractivity contribution in [2.24, 2.45) is 0 Å². The molecule has 3 nitrogen and oxygen atoms in total. The smallest absolute Gasteiger partial charge is 0.227 e. The molecular formula is C28H26N2O. The molecule has 5 aromatic rings. The molecule has 0 unspecified atom stereocenters. The van der Waals surface area contributed by atoms with E-state index >= 15 is 0 Å². The van der Waals surface area contributed by atoms with Crippen LogP contribution in [-0.4, -0.2) is 9.97 Å². The van der Waals surface area contributed by atoms with Gasteiger partial charge in [-0.15, -0.1) is 0 Å². The van der Waals surface area contributed by atoms with Gasteiger partial charge in [0, 0.05) is 34.6 Å². The normalized spacial score (nSPS) is 12.0. The van der Waals surface area contributed by atoms with E-state index in [1.165, 1.54) is 16.7 Å². The summed E-state index contributed by atoms with van der Waals surface area (Å²) in [5.74, 6) is 0. The highest BCUT2D eigenvalue weighted by atomic mass is 16.3. The second-order valence-corrected chi connectivity index (χ2v) is 9.24. The molecule has 3 heterocycles. The van der Waals surface area contributed by atoms with Gasteiger partial charge in [-0.2, -0.15) is 0 Å². The molecule has 0 bridgehead atoms. The molecule has 0 aliphatic carbocycles. The van der Waals surface area contributed by atoms with Crippen LogP contribution in [0.15, 0.2) is 77.3 Å². The highest BCUT2D eigenvalue weighted by Crippen LogP contribution is 2.36. The van der Waals surface area contributed by atoms with Gasteiger partial charge < -0.3 is 4.42 Å². The van der Waals surface area contributed by atoms with E-state index in [0.29, 0.717) is 5.71 Å². The quantitative estimate of drug-likeness (QED) is 0.317. The van der Waals surface area contributed by atoms with E-state index in [0.717, 1.165) is 39.7 Å².